The van der Waals surface area contributed by atoms with Gasteiger partial charge in [0.2, 0.25) is 5.91 Å². The second-order valence-corrected chi connectivity index (χ2v) is 9.25. The highest BCUT2D eigenvalue weighted by molar-refractivity contribution is 7.12. The van der Waals surface area contributed by atoms with Crippen LogP contribution in [0.25, 0.3) is 0 Å². The van der Waals surface area contributed by atoms with Gasteiger partial charge in [-0.3, -0.25) is 9.59 Å². The zero-order valence-corrected chi connectivity index (χ0v) is 19.9. The van der Waals surface area contributed by atoms with E-state index in [2.05, 4.69) is 15.6 Å². The molecule has 2 aromatic heterocycles. The fraction of sp³-hybridized carbons (Fsp3) is 0.120. The van der Waals surface area contributed by atoms with Gasteiger partial charge in [0.1, 0.15) is 11.6 Å². The van der Waals surface area contributed by atoms with E-state index in [1.165, 1.54) is 22.7 Å². The molecule has 0 aliphatic heterocycles. The van der Waals surface area contributed by atoms with Crippen LogP contribution in [0.3, 0.4) is 0 Å². The van der Waals surface area contributed by atoms with Crippen LogP contribution >= 0.6 is 22.7 Å². The van der Waals surface area contributed by atoms with Crippen LogP contribution in [0.4, 0.5) is 11.4 Å². The first-order valence-corrected chi connectivity index (χ1v) is 12.1. The van der Waals surface area contributed by atoms with E-state index >= 15 is 0 Å². The van der Waals surface area contributed by atoms with Gasteiger partial charge >= 0.3 is 5.97 Å². The number of aryl methyl sites for hydroxylation is 1. The number of nitrogens with zero attached hydrogens (tertiary/aromatic N) is 1. The summed E-state index contributed by atoms with van der Waals surface area (Å²) in [5.74, 6) is -0.922. The maximum atomic E-state index is 12.5. The Hall–Kier alpha value is -3.82. The number of amides is 2. The van der Waals surface area contributed by atoms with Gasteiger partial charge in [-0.05, 0) is 48.2 Å². The van der Waals surface area contributed by atoms with Crippen molar-refractivity contribution in [3.63, 3.8) is 0 Å². The Balaban J connectivity index is 1.29. The van der Waals surface area contributed by atoms with Crippen LogP contribution in [-0.2, 0) is 22.6 Å². The second-order valence-electron chi connectivity index (χ2n) is 7.36. The van der Waals surface area contributed by atoms with Gasteiger partial charge < -0.3 is 15.4 Å². The van der Waals surface area contributed by atoms with Gasteiger partial charge in [-0.15, -0.1) is 22.7 Å². The molecule has 7 nitrogen and oxygen atoms in total. The lowest BCUT2D eigenvalue weighted by Gasteiger charge is -2.07. The number of rotatable bonds is 8. The molecule has 34 heavy (non-hydrogen) atoms. The first-order chi connectivity index (χ1) is 16.5. The zero-order chi connectivity index (χ0) is 23.9. The van der Waals surface area contributed by atoms with E-state index in [-0.39, 0.29) is 24.8 Å². The predicted octanol–water partition coefficient (Wildman–Crippen LogP) is 5.30. The molecule has 0 radical (unpaired) electrons. The van der Waals surface area contributed by atoms with Crippen molar-refractivity contribution in [3.8, 4) is 0 Å². The standard InChI is InChI=1S/C25H21N3O4S2/c1-16-6-2-3-9-20(16)28-22(29)13-23-26-19(15-34-23)14-32-25(31)17-7-4-8-18(12-17)27-24(30)21-10-5-11-33-21/h2-12,15H,13-14H2,1H3,(H,27,30)(H,28,29). The number of thiophene rings is 1. The van der Waals surface area contributed by atoms with E-state index in [4.69, 9.17) is 4.74 Å². The number of carbonyl (C=O) groups is 3. The molecule has 172 valence electrons. The normalized spacial score (nSPS) is 10.5. The Bertz CT molecular complexity index is 1320. The van der Waals surface area contributed by atoms with Crippen molar-refractivity contribution in [1.29, 1.82) is 0 Å². The molecule has 2 heterocycles. The summed E-state index contributed by atoms with van der Waals surface area (Å²) in [6, 6.07) is 17.7. The number of anilines is 2. The number of aromatic nitrogens is 1. The van der Waals surface area contributed by atoms with Gasteiger partial charge in [0, 0.05) is 16.8 Å². The number of hydrogen-bond acceptors (Lipinski definition) is 7. The van der Waals surface area contributed by atoms with Crippen LogP contribution in [0.1, 0.15) is 36.3 Å². The van der Waals surface area contributed by atoms with Crippen molar-refractivity contribution in [2.45, 2.75) is 20.0 Å². The first-order valence-electron chi connectivity index (χ1n) is 10.4. The van der Waals surface area contributed by atoms with Gasteiger partial charge in [-0.2, -0.15) is 0 Å². The molecule has 0 unspecified atom stereocenters. The number of ether oxygens (including phenoxy) is 1. The summed E-state index contributed by atoms with van der Waals surface area (Å²) in [6.45, 7) is 1.92. The summed E-state index contributed by atoms with van der Waals surface area (Å²) < 4.78 is 5.37. The number of hydrogen-bond donors (Lipinski definition) is 2. The van der Waals surface area contributed by atoms with E-state index in [1.54, 1.807) is 41.8 Å². The Morgan fingerprint density at radius 2 is 1.82 bits per heavy atom. The maximum absolute atomic E-state index is 12.5. The van der Waals surface area contributed by atoms with Crippen LogP contribution in [0.5, 0.6) is 0 Å². The molecule has 2 N–H and O–H groups in total. The Kier molecular flexibility index (Phi) is 7.46. The smallest absolute Gasteiger partial charge is 0.338 e. The van der Waals surface area contributed by atoms with Crippen LogP contribution in [0.15, 0.2) is 71.4 Å². The van der Waals surface area contributed by atoms with Crippen LogP contribution in [-0.4, -0.2) is 22.8 Å². The van der Waals surface area contributed by atoms with Crippen molar-refractivity contribution >= 4 is 51.8 Å². The lowest BCUT2D eigenvalue weighted by Crippen LogP contribution is -2.15. The minimum atomic E-state index is -0.529. The van der Waals surface area contributed by atoms with E-state index in [0.29, 0.717) is 26.8 Å². The van der Waals surface area contributed by atoms with E-state index in [0.717, 1.165) is 11.3 Å². The summed E-state index contributed by atoms with van der Waals surface area (Å²) in [4.78, 5) is 42.0. The molecule has 9 heteroatoms. The number of nitrogens with one attached hydrogen (secondary N) is 2. The quantitative estimate of drug-likeness (QED) is 0.326. The minimum Gasteiger partial charge on any atom is -0.456 e. The van der Waals surface area contributed by atoms with Crippen molar-refractivity contribution < 1.29 is 19.1 Å². The highest BCUT2D eigenvalue weighted by Gasteiger charge is 2.13. The summed E-state index contributed by atoms with van der Waals surface area (Å²) in [5.41, 5.74) is 3.14. The third-order valence-electron chi connectivity index (χ3n) is 4.78. The number of benzene rings is 2. The molecular weight excluding hydrogens is 470 g/mol. The topological polar surface area (TPSA) is 97.4 Å². The van der Waals surface area contributed by atoms with Crippen molar-refractivity contribution in [2.75, 3.05) is 10.6 Å². The van der Waals surface area contributed by atoms with E-state index in [1.807, 2.05) is 36.6 Å². The van der Waals surface area contributed by atoms with Crippen molar-refractivity contribution in [1.82, 2.24) is 4.98 Å². The molecule has 0 spiro atoms. The number of para-hydroxylation sites is 1. The van der Waals surface area contributed by atoms with Gasteiger partial charge in [-0.25, -0.2) is 9.78 Å². The molecule has 0 saturated carbocycles. The molecule has 0 aliphatic carbocycles. The third-order valence-corrected chi connectivity index (χ3v) is 6.55. The van der Waals surface area contributed by atoms with Crippen LogP contribution < -0.4 is 10.6 Å². The Morgan fingerprint density at radius 1 is 0.971 bits per heavy atom. The summed E-state index contributed by atoms with van der Waals surface area (Å²) in [5, 5.41) is 9.87. The molecule has 0 atom stereocenters. The zero-order valence-electron chi connectivity index (χ0n) is 18.2. The second kappa shape index (κ2) is 10.9. The monoisotopic (exact) mass is 491 g/mol. The lowest BCUT2D eigenvalue weighted by atomic mass is 10.2. The molecule has 0 aliphatic rings. The minimum absolute atomic E-state index is 0.0134. The fourth-order valence-electron chi connectivity index (χ4n) is 3.09. The first kappa shape index (κ1) is 23.3. The predicted molar refractivity (Wildman–Crippen MR) is 133 cm³/mol. The highest BCUT2D eigenvalue weighted by atomic mass is 32.1. The summed E-state index contributed by atoms with van der Waals surface area (Å²) in [6.07, 6.45) is 0.138. The largest absolute Gasteiger partial charge is 0.456 e. The fourth-order valence-corrected chi connectivity index (χ4v) is 4.48. The highest BCUT2D eigenvalue weighted by Crippen LogP contribution is 2.18. The molecule has 2 aromatic carbocycles. The third kappa shape index (κ3) is 6.15. The van der Waals surface area contributed by atoms with Gasteiger partial charge in [0.05, 0.1) is 22.6 Å². The average Bonchev–Trinajstić information content (AvgIpc) is 3.52. The number of esters is 1. The van der Waals surface area contributed by atoms with E-state index in [9.17, 15) is 14.4 Å². The van der Waals surface area contributed by atoms with Gasteiger partial charge in [0.15, 0.2) is 0 Å². The van der Waals surface area contributed by atoms with Crippen molar-refractivity contribution in [3.05, 3.63) is 98.1 Å². The van der Waals surface area contributed by atoms with Gasteiger partial charge in [-0.1, -0.05) is 30.3 Å². The molecular formula is C25H21N3O4S2. The summed E-state index contributed by atoms with van der Waals surface area (Å²) in [7, 11) is 0. The SMILES string of the molecule is Cc1ccccc1NC(=O)Cc1nc(COC(=O)c2cccc(NC(=O)c3cccs3)c2)cs1. The van der Waals surface area contributed by atoms with Crippen LogP contribution in [0.2, 0.25) is 0 Å². The van der Waals surface area contributed by atoms with Gasteiger partial charge in [0.25, 0.3) is 5.91 Å². The molecule has 4 rings (SSSR count). The number of carbonyl (C=O) groups excluding carboxylic acids is 3. The molecule has 0 saturated heterocycles. The summed E-state index contributed by atoms with van der Waals surface area (Å²) >= 11 is 2.68. The average molecular weight is 492 g/mol. The lowest BCUT2D eigenvalue weighted by molar-refractivity contribution is -0.115. The van der Waals surface area contributed by atoms with Crippen LogP contribution in [0, 0.1) is 6.92 Å². The molecule has 0 fully saturated rings. The molecule has 0 bridgehead atoms. The number of thiazole rings is 1. The molecule has 2 amide bonds. The Labute approximate surface area is 204 Å². The maximum Gasteiger partial charge on any atom is 0.338 e. The van der Waals surface area contributed by atoms with Crippen molar-refractivity contribution in [2.24, 2.45) is 0 Å². The Morgan fingerprint density at radius 3 is 2.62 bits per heavy atom. The molecule has 4 aromatic rings. The van der Waals surface area contributed by atoms with E-state index < -0.39 is 5.97 Å².